The van der Waals surface area contributed by atoms with E-state index in [9.17, 15) is 13.2 Å². The number of aromatic nitrogens is 1. The van der Waals surface area contributed by atoms with E-state index in [2.05, 4.69) is 10.3 Å². The van der Waals surface area contributed by atoms with Crippen LogP contribution in [0.2, 0.25) is 0 Å². The van der Waals surface area contributed by atoms with Gasteiger partial charge in [-0.15, -0.1) is 0 Å². The Morgan fingerprint density at radius 2 is 1.81 bits per heavy atom. The molecule has 3 nitrogen and oxygen atoms in total. The van der Waals surface area contributed by atoms with Crippen molar-refractivity contribution in [3.63, 3.8) is 0 Å². The second-order valence-electron chi connectivity index (χ2n) is 6.85. The molecule has 140 valence electrons. The van der Waals surface area contributed by atoms with Crippen molar-refractivity contribution >= 4 is 10.8 Å². The summed E-state index contributed by atoms with van der Waals surface area (Å²) in [5, 5.41) is 5.14. The smallest absolute Gasteiger partial charge is 0.159 e. The number of ether oxygens (including phenoxy) is 1. The van der Waals surface area contributed by atoms with Crippen molar-refractivity contribution in [3.8, 4) is 0 Å². The predicted molar refractivity (Wildman–Crippen MR) is 96.5 cm³/mol. The second-order valence-corrected chi connectivity index (χ2v) is 6.85. The summed E-state index contributed by atoms with van der Waals surface area (Å²) in [5.41, 5.74) is 1.25. The molecule has 0 atom stereocenters. The van der Waals surface area contributed by atoms with E-state index in [0.717, 1.165) is 35.7 Å². The molecule has 1 aliphatic carbocycles. The van der Waals surface area contributed by atoms with Crippen LogP contribution in [0, 0.1) is 17.5 Å². The van der Waals surface area contributed by atoms with Gasteiger partial charge < -0.3 is 10.1 Å². The average Bonchev–Trinajstić information content (AvgIpc) is 2.64. The van der Waals surface area contributed by atoms with Crippen LogP contribution >= 0.6 is 0 Å². The van der Waals surface area contributed by atoms with Gasteiger partial charge in [0, 0.05) is 35.9 Å². The predicted octanol–water partition coefficient (Wildman–Crippen LogP) is 4.49. The van der Waals surface area contributed by atoms with Crippen molar-refractivity contribution < 1.29 is 17.9 Å². The Labute approximate surface area is 155 Å². The maximum absolute atomic E-state index is 14.2. The first-order valence-electron chi connectivity index (χ1n) is 8.90. The van der Waals surface area contributed by atoms with Gasteiger partial charge in [-0.05, 0) is 54.1 Å². The molecule has 0 saturated heterocycles. The van der Waals surface area contributed by atoms with E-state index in [1.165, 1.54) is 12.1 Å². The van der Waals surface area contributed by atoms with Crippen LogP contribution < -0.4 is 5.32 Å². The Morgan fingerprint density at radius 3 is 2.63 bits per heavy atom. The summed E-state index contributed by atoms with van der Waals surface area (Å²) < 4.78 is 46.0. The number of nitrogens with zero attached hydrogens (tertiary/aromatic N) is 1. The van der Waals surface area contributed by atoms with E-state index in [0.29, 0.717) is 17.7 Å². The second kappa shape index (κ2) is 7.66. The quantitative estimate of drug-likeness (QED) is 0.692. The number of nitrogens with one attached hydrogen (secondary N) is 1. The zero-order valence-electron chi connectivity index (χ0n) is 14.6. The van der Waals surface area contributed by atoms with Crippen LogP contribution in [0.4, 0.5) is 13.2 Å². The van der Waals surface area contributed by atoms with Crippen molar-refractivity contribution in [1.82, 2.24) is 10.3 Å². The lowest BCUT2D eigenvalue weighted by Gasteiger charge is -2.36. The van der Waals surface area contributed by atoms with Crippen molar-refractivity contribution in [3.05, 3.63) is 77.4 Å². The summed E-state index contributed by atoms with van der Waals surface area (Å²) in [6, 6.07) is 9.04. The molecule has 0 radical (unpaired) electrons. The molecule has 1 heterocycles. The van der Waals surface area contributed by atoms with Crippen molar-refractivity contribution in [2.24, 2.45) is 0 Å². The first-order chi connectivity index (χ1) is 13.1. The van der Waals surface area contributed by atoms with Gasteiger partial charge in [0.25, 0.3) is 0 Å². The number of fused-ring (bicyclic) bond motifs is 1. The van der Waals surface area contributed by atoms with Crippen molar-refractivity contribution in [2.75, 3.05) is 0 Å². The minimum Gasteiger partial charge on any atom is -0.373 e. The van der Waals surface area contributed by atoms with Gasteiger partial charge in [-0.2, -0.15) is 0 Å². The maximum atomic E-state index is 14.2. The Bertz CT molecular complexity index is 957. The third kappa shape index (κ3) is 3.96. The van der Waals surface area contributed by atoms with Gasteiger partial charge >= 0.3 is 0 Å². The number of rotatable bonds is 6. The van der Waals surface area contributed by atoms with E-state index in [1.807, 2.05) is 6.07 Å². The molecule has 3 aromatic rings. The summed E-state index contributed by atoms with van der Waals surface area (Å²) in [6.45, 7) is 0.688. The zero-order valence-corrected chi connectivity index (χ0v) is 14.6. The third-order valence-corrected chi connectivity index (χ3v) is 5.01. The lowest BCUT2D eigenvalue weighted by atomic mass is 9.89. The largest absolute Gasteiger partial charge is 0.373 e. The van der Waals surface area contributed by atoms with Crippen LogP contribution in [0.15, 0.2) is 48.8 Å². The fourth-order valence-corrected chi connectivity index (χ4v) is 3.34. The molecule has 0 aliphatic heterocycles. The van der Waals surface area contributed by atoms with E-state index in [-0.39, 0.29) is 24.6 Å². The van der Waals surface area contributed by atoms with Gasteiger partial charge in [0.2, 0.25) is 0 Å². The summed E-state index contributed by atoms with van der Waals surface area (Å²) >= 11 is 0. The highest BCUT2D eigenvalue weighted by atomic mass is 19.2. The fraction of sp³-hybridized carbons (Fsp3) is 0.286. The molecule has 1 fully saturated rings. The van der Waals surface area contributed by atoms with Crippen LogP contribution in [-0.2, 0) is 17.9 Å². The molecule has 4 rings (SSSR count). The van der Waals surface area contributed by atoms with E-state index >= 15 is 0 Å². The molecule has 0 bridgehead atoms. The number of hydrogen-bond acceptors (Lipinski definition) is 3. The van der Waals surface area contributed by atoms with Crippen LogP contribution in [0.25, 0.3) is 10.8 Å². The summed E-state index contributed by atoms with van der Waals surface area (Å²) in [6.07, 6.45) is 5.06. The standard InChI is InChI=1S/C21H19F3N2O/c22-19-4-2-14-10-25-6-5-17(14)18(19)11-26-15-8-16(9-15)27-12-13-1-3-20(23)21(24)7-13/h1-7,10,15-16,26H,8-9,11-12H2/t15-,16-. The minimum absolute atomic E-state index is 0.0668. The molecular formula is C21H19F3N2O. The van der Waals surface area contributed by atoms with E-state index < -0.39 is 11.6 Å². The van der Waals surface area contributed by atoms with E-state index in [1.54, 1.807) is 18.5 Å². The van der Waals surface area contributed by atoms with Gasteiger partial charge in [0.1, 0.15) is 5.82 Å². The van der Waals surface area contributed by atoms with Crippen LogP contribution in [0.1, 0.15) is 24.0 Å². The van der Waals surface area contributed by atoms with E-state index in [4.69, 9.17) is 4.74 Å². The molecule has 6 heteroatoms. The minimum atomic E-state index is -0.864. The van der Waals surface area contributed by atoms with Crippen molar-refractivity contribution in [2.45, 2.75) is 38.1 Å². The molecule has 0 unspecified atom stereocenters. The number of benzene rings is 2. The van der Waals surface area contributed by atoms with Gasteiger partial charge in [0.05, 0.1) is 12.7 Å². The summed E-state index contributed by atoms with van der Waals surface area (Å²) in [5.74, 6) is -1.95. The Morgan fingerprint density at radius 1 is 1.00 bits per heavy atom. The van der Waals surface area contributed by atoms with Crippen LogP contribution in [-0.4, -0.2) is 17.1 Å². The first kappa shape index (κ1) is 17.9. The van der Waals surface area contributed by atoms with Gasteiger partial charge in [-0.1, -0.05) is 6.07 Å². The van der Waals surface area contributed by atoms with Crippen molar-refractivity contribution in [1.29, 1.82) is 0 Å². The molecule has 1 aliphatic rings. The maximum Gasteiger partial charge on any atom is 0.159 e. The molecule has 27 heavy (non-hydrogen) atoms. The van der Waals surface area contributed by atoms with Gasteiger partial charge in [-0.3, -0.25) is 4.98 Å². The Hall–Kier alpha value is -2.44. The Kier molecular flexibility index (Phi) is 5.09. The first-order valence-corrected chi connectivity index (χ1v) is 8.90. The fourth-order valence-electron chi connectivity index (χ4n) is 3.34. The van der Waals surface area contributed by atoms with Crippen LogP contribution in [0.5, 0.6) is 0 Å². The monoisotopic (exact) mass is 372 g/mol. The third-order valence-electron chi connectivity index (χ3n) is 5.01. The molecule has 1 saturated carbocycles. The molecule has 1 N–H and O–H groups in total. The highest BCUT2D eigenvalue weighted by molar-refractivity contribution is 5.84. The highest BCUT2D eigenvalue weighted by Crippen LogP contribution is 2.26. The number of hydrogen-bond donors (Lipinski definition) is 1. The molecule has 0 spiro atoms. The molecule has 1 aromatic heterocycles. The molecule has 2 aromatic carbocycles. The topological polar surface area (TPSA) is 34.1 Å². The normalized spacial score (nSPS) is 19.2. The SMILES string of the molecule is Fc1ccc(CO[C@H]2C[C@H](NCc3c(F)ccc4cnccc34)C2)cc1F. The van der Waals surface area contributed by atoms with Crippen LogP contribution in [0.3, 0.4) is 0 Å². The lowest BCUT2D eigenvalue weighted by molar-refractivity contribution is -0.0270. The molecule has 0 amide bonds. The summed E-state index contributed by atoms with van der Waals surface area (Å²) in [4.78, 5) is 4.07. The lowest BCUT2D eigenvalue weighted by Crippen LogP contribution is -2.45. The molecular weight excluding hydrogens is 353 g/mol. The van der Waals surface area contributed by atoms with Gasteiger partial charge in [-0.25, -0.2) is 13.2 Å². The summed E-state index contributed by atoms with van der Waals surface area (Å²) in [7, 11) is 0. The highest BCUT2D eigenvalue weighted by Gasteiger charge is 2.29. The Balaban J connectivity index is 1.27. The number of halogens is 3. The average molecular weight is 372 g/mol. The zero-order chi connectivity index (χ0) is 18.8. The van der Waals surface area contributed by atoms with Gasteiger partial charge in [0.15, 0.2) is 11.6 Å². The number of pyridine rings is 1.